The lowest BCUT2D eigenvalue weighted by atomic mass is 9.94. The molecule has 2 N–H and O–H groups in total. The zero-order chi connectivity index (χ0) is 18.6. The van der Waals surface area contributed by atoms with Gasteiger partial charge in [-0.25, -0.2) is 0 Å². The third kappa shape index (κ3) is 4.37. The first-order valence-corrected chi connectivity index (χ1v) is 8.01. The summed E-state index contributed by atoms with van der Waals surface area (Å²) >= 11 is 0. The van der Waals surface area contributed by atoms with E-state index >= 15 is 0 Å². The van der Waals surface area contributed by atoms with Crippen molar-refractivity contribution in [3.05, 3.63) is 47.3 Å². The van der Waals surface area contributed by atoms with Crippen LogP contribution in [0.1, 0.15) is 29.9 Å². The summed E-state index contributed by atoms with van der Waals surface area (Å²) in [6, 6.07) is 8.40. The van der Waals surface area contributed by atoms with E-state index in [1.807, 2.05) is 25.1 Å². The van der Waals surface area contributed by atoms with Crippen LogP contribution in [-0.4, -0.2) is 33.4 Å². The van der Waals surface area contributed by atoms with Crippen LogP contribution >= 0.6 is 0 Å². The fraction of sp³-hybridized carbons (Fsp3) is 0.389. The van der Waals surface area contributed by atoms with Crippen molar-refractivity contribution in [1.82, 2.24) is 15.1 Å². The number of carbonyl (C=O) groups excluding carboxylic acids is 1. The van der Waals surface area contributed by atoms with Crippen LogP contribution in [0.4, 0.5) is 0 Å². The number of aromatic nitrogens is 2. The number of carboxylic acids is 1. The van der Waals surface area contributed by atoms with E-state index < -0.39 is 17.9 Å². The molecule has 1 heterocycles. The topological polar surface area (TPSA) is 93.5 Å². The number of carbonyl (C=O) groups is 2. The molecule has 0 aliphatic carbocycles. The van der Waals surface area contributed by atoms with Gasteiger partial charge in [-0.15, -0.1) is 0 Å². The van der Waals surface area contributed by atoms with E-state index in [-0.39, 0.29) is 12.5 Å². The minimum absolute atomic E-state index is 0.205. The van der Waals surface area contributed by atoms with Gasteiger partial charge in [-0.1, -0.05) is 30.3 Å². The highest BCUT2D eigenvalue weighted by molar-refractivity contribution is 5.79. The van der Waals surface area contributed by atoms with Crippen LogP contribution in [0.15, 0.2) is 30.3 Å². The molecule has 2 rings (SSSR count). The largest absolute Gasteiger partial charge is 0.481 e. The summed E-state index contributed by atoms with van der Waals surface area (Å²) in [5.41, 5.74) is 2.26. The molecule has 0 fully saturated rings. The lowest BCUT2D eigenvalue weighted by Gasteiger charge is -2.23. The predicted molar refractivity (Wildman–Crippen MR) is 92.3 cm³/mol. The number of aryl methyl sites for hydroxylation is 2. The van der Waals surface area contributed by atoms with Crippen LogP contribution in [0.25, 0.3) is 0 Å². The molecule has 1 aromatic heterocycles. The first kappa shape index (κ1) is 18.5. The van der Waals surface area contributed by atoms with Crippen LogP contribution < -0.4 is 10.1 Å². The quantitative estimate of drug-likeness (QED) is 0.800. The molecule has 0 saturated carbocycles. The summed E-state index contributed by atoms with van der Waals surface area (Å²) in [5, 5.41) is 16.3. The molecule has 0 saturated heterocycles. The van der Waals surface area contributed by atoms with Crippen LogP contribution in [0.2, 0.25) is 0 Å². The second kappa shape index (κ2) is 7.83. The van der Waals surface area contributed by atoms with Crippen molar-refractivity contribution in [2.24, 2.45) is 13.0 Å². The van der Waals surface area contributed by atoms with Gasteiger partial charge in [-0.3, -0.25) is 14.3 Å². The Morgan fingerprint density at radius 2 is 1.92 bits per heavy atom. The van der Waals surface area contributed by atoms with Crippen molar-refractivity contribution in [3.63, 3.8) is 0 Å². The molecule has 1 amide bonds. The smallest absolute Gasteiger partial charge is 0.308 e. The number of hydrogen-bond donors (Lipinski definition) is 2. The Morgan fingerprint density at radius 3 is 2.44 bits per heavy atom. The predicted octanol–water partition coefficient (Wildman–Crippen LogP) is 1.99. The second-order valence-corrected chi connectivity index (χ2v) is 6.00. The Labute approximate surface area is 146 Å². The van der Waals surface area contributed by atoms with E-state index in [1.165, 1.54) is 0 Å². The van der Waals surface area contributed by atoms with Gasteiger partial charge in [0.15, 0.2) is 12.4 Å². The fourth-order valence-corrected chi connectivity index (χ4v) is 2.62. The maximum absolute atomic E-state index is 12.3. The Morgan fingerprint density at radius 1 is 1.28 bits per heavy atom. The van der Waals surface area contributed by atoms with Gasteiger partial charge in [-0.2, -0.15) is 5.10 Å². The van der Waals surface area contributed by atoms with E-state index in [0.717, 1.165) is 11.3 Å². The normalized spacial score (nSPS) is 13.1. The van der Waals surface area contributed by atoms with E-state index in [9.17, 15) is 14.7 Å². The molecule has 0 radical (unpaired) electrons. The highest BCUT2D eigenvalue weighted by atomic mass is 16.5. The third-order valence-electron chi connectivity index (χ3n) is 4.15. The molecule has 25 heavy (non-hydrogen) atoms. The number of ether oxygens (including phenoxy) is 1. The highest BCUT2D eigenvalue weighted by Crippen LogP contribution is 2.23. The van der Waals surface area contributed by atoms with E-state index in [1.54, 1.807) is 37.7 Å². The van der Waals surface area contributed by atoms with Crippen molar-refractivity contribution in [2.45, 2.75) is 26.8 Å². The SMILES string of the molecule is Cc1nn(C)c(C)c1OCC(=O)NC(c1ccccc1)C(C)C(=O)O. The Bertz CT molecular complexity index is 755. The van der Waals surface area contributed by atoms with Gasteiger partial charge in [0.25, 0.3) is 5.91 Å². The highest BCUT2D eigenvalue weighted by Gasteiger charge is 2.27. The summed E-state index contributed by atoms with van der Waals surface area (Å²) in [6.07, 6.45) is 0. The van der Waals surface area contributed by atoms with Gasteiger partial charge in [-0.05, 0) is 26.3 Å². The summed E-state index contributed by atoms with van der Waals surface area (Å²) < 4.78 is 7.27. The summed E-state index contributed by atoms with van der Waals surface area (Å²) in [4.78, 5) is 23.7. The molecule has 7 nitrogen and oxygen atoms in total. The van der Waals surface area contributed by atoms with E-state index in [2.05, 4.69) is 10.4 Å². The molecule has 1 aromatic carbocycles. The van der Waals surface area contributed by atoms with Crippen LogP contribution in [0.3, 0.4) is 0 Å². The number of benzene rings is 1. The molecule has 0 bridgehead atoms. The molecule has 2 unspecified atom stereocenters. The average molecular weight is 345 g/mol. The van der Waals surface area contributed by atoms with Gasteiger partial charge in [0, 0.05) is 7.05 Å². The van der Waals surface area contributed by atoms with E-state index in [4.69, 9.17) is 4.74 Å². The first-order chi connectivity index (χ1) is 11.8. The average Bonchev–Trinajstić information content (AvgIpc) is 2.83. The van der Waals surface area contributed by atoms with Gasteiger partial charge in [0.1, 0.15) is 5.69 Å². The zero-order valence-electron chi connectivity index (χ0n) is 14.8. The molecular formula is C18H23N3O4. The summed E-state index contributed by atoms with van der Waals surface area (Å²) in [6.45, 7) is 5.02. The van der Waals surface area contributed by atoms with Crippen LogP contribution in [-0.2, 0) is 16.6 Å². The fourth-order valence-electron chi connectivity index (χ4n) is 2.62. The van der Waals surface area contributed by atoms with Gasteiger partial charge in [0.2, 0.25) is 0 Å². The summed E-state index contributed by atoms with van der Waals surface area (Å²) in [5.74, 6) is -1.56. The Kier molecular flexibility index (Phi) is 5.80. The van der Waals surface area contributed by atoms with Crippen LogP contribution in [0.5, 0.6) is 5.75 Å². The van der Waals surface area contributed by atoms with E-state index in [0.29, 0.717) is 11.4 Å². The number of nitrogens with zero attached hydrogens (tertiary/aromatic N) is 2. The van der Waals surface area contributed by atoms with Crippen molar-refractivity contribution >= 4 is 11.9 Å². The molecule has 0 aliphatic rings. The first-order valence-electron chi connectivity index (χ1n) is 8.01. The van der Waals surface area contributed by atoms with Crippen molar-refractivity contribution < 1.29 is 19.4 Å². The molecule has 7 heteroatoms. The molecule has 134 valence electrons. The molecule has 0 spiro atoms. The van der Waals surface area contributed by atoms with Gasteiger partial charge < -0.3 is 15.2 Å². The summed E-state index contributed by atoms with van der Waals surface area (Å²) in [7, 11) is 1.80. The Balaban J connectivity index is 2.08. The monoisotopic (exact) mass is 345 g/mol. The number of nitrogens with one attached hydrogen (secondary N) is 1. The number of amides is 1. The molecule has 2 aromatic rings. The standard InChI is InChI=1S/C18H23N3O4/c1-11(18(23)24)16(14-8-6-5-7-9-14)19-15(22)10-25-17-12(2)20-21(4)13(17)3/h5-9,11,16H,10H2,1-4H3,(H,19,22)(H,23,24). The van der Waals surface area contributed by atoms with Crippen molar-refractivity contribution in [3.8, 4) is 5.75 Å². The van der Waals surface area contributed by atoms with Gasteiger partial charge >= 0.3 is 5.97 Å². The molecule has 0 aliphatic heterocycles. The second-order valence-electron chi connectivity index (χ2n) is 6.00. The van der Waals surface area contributed by atoms with Gasteiger partial charge in [0.05, 0.1) is 17.7 Å². The van der Waals surface area contributed by atoms with Crippen LogP contribution in [0, 0.1) is 19.8 Å². The minimum Gasteiger partial charge on any atom is -0.481 e. The number of aliphatic carboxylic acids is 1. The zero-order valence-corrected chi connectivity index (χ0v) is 14.8. The molecule has 2 atom stereocenters. The maximum atomic E-state index is 12.3. The lowest BCUT2D eigenvalue weighted by Crippen LogP contribution is -2.38. The van der Waals surface area contributed by atoms with Crippen molar-refractivity contribution in [2.75, 3.05) is 6.61 Å². The maximum Gasteiger partial charge on any atom is 0.308 e. The number of carboxylic acid groups (broad SMARTS) is 1. The third-order valence-corrected chi connectivity index (χ3v) is 4.15. The lowest BCUT2D eigenvalue weighted by molar-refractivity contribution is -0.142. The number of rotatable bonds is 7. The molecular weight excluding hydrogens is 322 g/mol. The Hall–Kier alpha value is -2.83. The minimum atomic E-state index is -0.978. The number of hydrogen-bond acceptors (Lipinski definition) is 4. The van der Waals surface area contributed by atoms with Crippen molar-refractivity contribution in [1.29, 1.82) is 0 Å².